The summed E-state index contributed by atoms with van der Waals surface area (Å²) < 4.78 is 6.95. The van der Waals surface area contributed by atoms with Gasteiger partial charge in [-0.2, -0.15) is 0 Å². The van der Waals surface area contributed by atoms with E-state index in [2.05, 4.69) is 30.1 Å². The Bertz CT molecular complexity index is 959. The number of aliphatic carboxylic acids is 1. The smallest absolute Gasteiger partial charge is 0.333 e. The Hall–Kier alpha value is -3.96. The van der Waals surface area contributed by atoms with Gasteiger partial charge in [0.2, 0.25) is 0 Å². The number of azide groups is 3. The third kappa shape index (κ3) is 6.09. The second-order valence-electron chi connectivity index (χ2n) is 5.24. The predicted octanol–water partition coefficient (Wildman–Crippen LogP) is 1.22. The Labute approximate surface area is 155 Å². The van der Waals surface area contributed by atoms with Gasteiger partial charge in [-0.1, -0.05) is 15.3 Å². The molecule has 0 amide bonds. The van der Waals surface area contributed by atoms with Crippen LogP contribution in [0.25, 0.3) is 31.3 Å². The Balaban J connectivity index is 3.44. The van der Waals surface area contributed by atoms with Gasteiger partial charge in [0.1, 0.15) is 12.8 Å². The summed E-state index contributed by atoms with van der Waals surface area (Å²) >= 11 is 0. The summed E-state index contributed by atoms with van der Waals surface area (Å²) in [6.07, 6.45) is -1.13. The van der Waals surface area contributed by atoms with Gasteiger partial charge < -0.3 is 9.84 Å². The van der Waals surface area contributed by atoms with E-state index in [0.29, 0.717) is 4.57 Å². The molecular formula is C12H15N11O5. The zero-order valence-electron chi connectivity index (χ0n) is 14.6. The number of carboxylic acids is 1. The number of nitrogens with zero attached hydrogens (tertiary/aromatic N) is 11. The van der Waals surface area contributed by atoms with Crippen molar-refractivity contribution in [3.63, 3.8) is 0 Å². The average molecular weight is 393 g/mol. The molecule has 16 nitrogen and oxygen atoms in total. The maximum atomic E-state index is 12.6. The van der Waals surface area contributed by atoms with Crippen molar-refractivity contribution in [2.45, 2.75) is 25.8 Å². The van der Waals surface area contributed by atoms with Gasteiger partial charge in [0.05, 0.1) is 25.7 Å². The van der Waals surface area contributed by atoms with Gasteiger partial charge in [-0.15, -0.1) is 0 Å². The lowest BCUT2D eigenvalue weighted by molar-refractivity contribution is -0.137. The molecule has 0 saturated carbocycles. The predicted molar refractivity (Wildman–Crippen MR) is 93.3 cm³/mol. The molecule has 0 spiro atoms. The Kier molecular flexibility index (Phi) is 8.60. The zero-order valence-corrected chi connectivity index (χ0v) is 14.6. The molecule has 0 aliphatic heterocycles. The van der Waals surface area contributed by atoms with Crippen LogP contribution in [0, 0.1) is 6.92 Å². The molecule has 0 bridgehead atoms. The summed E-state index contributed by atoms with van der Waals surface area (Å²) in [5.41, 5.74) is 23.7. The van der Waals surface area contributed by atoms with Gasteiger partial charge in [-0.25, -0.2) is 9.36 Å². The van der Waals surface area contributed by atoms with E-state index in [9.17, 15) is 14.4 Å². The highest BCUT2D eigenvalue weighted by Crippen LogP contribution is 2.12. The van der Waals surface area contributed by atoms with Crippen molar-refractivity contribution in [1.82, 2.24) is 9.13 Å². The Morgan fingerprint density at radius 3 is 2.18 bits per heavy atom. The topological polar surface area (TPSA) is 237 Å². The van der Waals surface area contributed by atoms with Crippen molar-refractivity contribution in [3.8, 4) is 0 Å². The first-order chi connectivity index (χ1) is 13.3. The molecule has 1 aromatic heterocycles. The first-order valence-electron chi connectivity index (χ1n) is 7.58. The number of carbonyl (C=O) groups is 1. The van der Waals surface area contributed by atoms with Gasteiger partial charge in [-0.05, 0) is 23.5 Å². The molecule has 0 unspecified atom stereocenters. The SMILES string of the molecule is Cc1cn([C@@H](CN=[N+]=[N-])OC(CN=[N+]=[N-])CN=[N+]=[N-])c(=O)n(CC(=O)O)c1=O. The fourth-order valence-corrected chi connectivity index (χ4v) is 2.16. The Morgan fingerprint density at radius 1 is 1.14 bits per heavy atom. The number of aromatic nitrogens is 2. The van der Waals surface area contributed by atoms with E-state index in [0.717, 1.165) is 10.8 Å². The number of ether oxygens (including phenoxy) is 1. The van der Waals surface area contributed by atoms with Crippen LogP contribution in [0.1, 0.15) is 11.8 Å². The Morgan fingerprint density at radius 2 is 1.68 bits per heavy atom. The molecule has 0 aromatic carbocycles. The number of hydrogen-bond donors (Lipinski definition) is 1. The quantitative estimate of drug-likeness (QED) is 0.330. The van der Waals surface area contributed by atoms with Crippen molar-refractivity contribution in [2.24, 2.45) is 15.3 Å². The fourth-order valence-electron chi connectivity index (χ4n) is 2.16. The van der Waals surface area contributed by atoms with Crippen LogP contribution < -0.4 is 11.2 Å². The van der Waals surface area contributed by atoms with Crippen molar-refractivity contribution in [1.29, 1.82) is 0 Å². The van der Waals surface area contributed by atoms with Crippen LogP contribution in [0.3, 0.4) is 0 Å². The zero-order chi connectivity index (χ0) is 21.1. The third-order valence-corrected chi connectivity index (χ3v) is 3.32. The van der Waals surface area contributed by atoms with E-state index < -0.39 is 42.6 Å². The average Bonchev–Trinajstić information content (AvgIpc) is 2.66. The highest BCUT2D eigenvalue weighted by Gasteiger charge is 2.21. The standard InChI is InChI=1S/C12H15N11O5/c1-7-5-22(12(27)23(11(7)26)6-10(24)25)9(4-18-21-15)28-8(2-16-19-13)3-17-20-14/h5,8-9H,2-4,6H2,1H3,(H,24,25)/t9-/m1/s1. The number of aryl methyl sites for hydroxylation is 1. The molecule has 0 radical (unpaired) electrons. The third-order valence-electron chi connectivity index (χ3n) is 3.32. The fraction of sp³-hybridized carbons (Fsp3) is 0.583. The molecule has 148 valence electrons. The minimum absolute atomic E-state index is 0.0389. The first-order valence-corrected chi connectivity index (χ1v) is 7.58. The van der Waals surface area contributed by atoms with Crippen LogP contribution in [-0.2, 0) is 16.1 Å². The lowest BCUT2D eigenvalue weighted by atomic mass is 10.3. The highest BCUT2D eigenvalue weighted by molar-refractivity contribution is 5.66. The molecular weight excluding hydrogens is 378 g/mol. The summed E-state index contributed by atoms with van der Waals surface area (Å²) in [6, 6.07) is 0. The second-order valence-corrected chi connectivity index (χ2v) is 5.24. The molecule has 1 rings (SSSR count). The molecule has 1 N–H and O–H groups in total. The number of carboxylic acid groups (broad SMARTS) is 1. The first kappa shape index (κ1) is 22.1. The maximum absolute atomic E-state index is 12.6. The van der Waals surface area contributed by atoms with Crippen LogP contribution in [0.2, 0.25) is 0 Å². The molecule has 0 aliphatic carbocycles. The van der Waals surface area contributed by atoms with Crippen LogP contribution in [0.4, 0.5) is 0 Å². The van der Waals surface area contributed by atoms with Crippen LogP contribution in [0.5, 0.6) is 0 Å². The largest absolute Gasteiger partial charge is 0.480 e. The van der Waals surface area contributed by atoms with E-state index in [1.807, 2.05) is 0 Å². The van der Waals surface area contributed by atoms with Crippen LogP contribution in [-0.4, -0.2) is 45.9 Å². The number of hydrogen-bond acceptors (Lipinski definition) is 7. The molecule has 0 saturated heterocycles. The van der Waals surface area contributed by atoms with Gasteiger partial charge >= 0.3 is 11.7 Å². The van der Waals surface area contributed by atoms with Gasteiger partial charge in [0, 0.05) is 26.5 Å². The van der Waals surface area contributed by atoms with E-state index in [-0.39, 0.29) is 18.7 Å². The second kappa shape index (κ2) is 10.9. The van der Waals surface area contributed by atoms with Crippen molar-refractivity contribution < 1.29 is 14.6 Å². The minimum Gasteiger partial charge on any atom is -0.480 e. The summed E-state index contributed by atoms with van der Waals surface area (Å²) in [6.45, 7) is -0.452. The molecule has 28 heavy (non-hydrogen) atoms. The van der Waals surface area contributed by atoms with E-state index in [1.54, 1.807) is 0 Å². The van der Waals surface area contributed by atoms with E-state index in [4.69, 9.17) is 26.4 Å². The highest BCUT2D eigenvalue weighted by atomic mass is 16.5. The van der Waals surface area contributed by atoms with Crippen LogP contribution in [0.15, 0.2) is 31.1 Å². The van der Waals surface area contributed by atoms with Gasteiger partial charge in [-0.3, -0.25) is 14.2 Å². The molecule has 0 fully saturated rings. The molecule has 1 aromatic rings. The van der Waals surface area contributed by atoms with Crippen molar-refractivity contribution in [3.05, 3.63) is 63.9 Å². The summed E-state index contributed by atoms with van der Waals surface area (Å²) in [7, 11) is 0. The lowest BCUT2D eigenvalue weighted by Gasteiger charge is -2.24. The van der Waals surface area contributed by atoms with Crippen molar-refractivity contribution >= 4 is 5.97 Å². The van der Waals surface area contributed by atoms with E-state index >= 15 is 0 Å². The summed E-state index contributed by atoms with van der Waals surface area (Å²) in [4.78, 5) is 43.3. The maximum Gasteiger partial charge on any atom is 0.333 e. The normalized spacial score (nSPS) is 12.0. The molecule has 1 heterocycles. The summed E-state index contributed by atoms with van der Waals surface area (Å²) in [5.74, 6) is -1.41. The molecule has 16 heteroatoms. The lowest BCUT2D eigenvalue weighted by Crippen LogP contribution is -2.45. The monoisotopic (exact) mass is 393 g/mol. The molecule has 0 aliphatic rings. The molecule has 1 atom stereocenters. The van der Waals surface area contributed by atoms with Gasteiger partial charge in [0.15, 0.2) is 0 Å². The summed E-state index contributed by atoms with van der Waals surface area (Å²) in [5, 5.41) is 18.9. The van der Waals surface area contributed by atoms with Crippen LogP contribution >= 0.6 is 0 Å². The van der Waals surface area contributed by atoms with E-state index in [1.165, 1.54) is 6.92 Å². The number of rotatable bonds is 11. The van der Waals surface area contributed by atoms with Crippen molar-refractivity contribution in [2.75, 3.05) is 19.6 Å². The minimum atomic E-state index is -1.41. The van der Waals surface area contributed by atoms with Gasteiger partial charge in [0.25, 0.3) is 5.56 Å².